The molecule has 4 heteroatoms. The van der Waals surface area contributed by atoms with Crippen LogP contribution in [0.15, 0.2) is 40.9 Å². The summed E-state index contributed by atoms with van der Waals surface area (Å²) in [5.74, 6) is 0.769. The van der Waals surface area contributed by atoms with Gasteiger partial charge in [-0.05, 0) is 52.7 Å². The highest BCUT2D eigenvalue weighted by atomic mass is 79.9. The summed E-state index contributed by atoms with van der Waals surface area (Å²) in [6.07, 6.45) is 0. The van der Waals surface area contributed by atoms with E-state index in [4.69, 9.17) is 21.6 Å². The second kappa shape index (κ2) is 6.10. The van der Waals surface area contributed by atoms with Crippen molar-refractivity contribution in [2.75, 3.05) is 0 Å². The summed E-state index contributed by atoms with van der Waals surface area (Å²) in [5.41, 5.74) is 2.56. The highest BCUT2D eigenvalue weighted by molar-refractivity contribution is 9.10. The van der Waals surface area contributed by atoms with Crippen LogP contribution in [0.2, 0.25) is 5.02 Å². The number of ether oxygens (including phenoxy) is 1. The number of halogens is 2. The number of hydrogen-bond donors (Lipinski definition) is 0. The van der Waals surface area contributed by atoms with E-state index >= 15 is 0 Å². The molecule has 0 spiro atoms. The van der Waals surface area contributed by atoms with E-state index in [-0.39, 0.29) is 0 Å². The van der Waals surface area contributed by atoms with Gasteiger partial charge >= 0.3 is 0 Å². The second-order valence-electron chi connectivity index (χ2n) is 4.14. The van der Waals surface area contributed by atoms with E-state index in [1.54, 1.807) is 12.1 Å². The van der Waals surface area contributed by atoms with E-state index in [9.17, 15) is 0 Å². The summed E-state index contributed by atoms with van der Waals surface area (Å²) >= 11 is 9.56. The van der Waals surface area contributed by atoms with Crippen LogP contribution in [0.4, 0.5) is 0 Å². The van der Waals surface area contributed by atoms with E-state index in [0.29, 0.717) is 17.2 Å². The molecular weight excluding hydrogens is 326 g/mol. The Bertz CT molecular complexity index is 649. The van der Waals surface area contributed by atoms with Crippen LogP contribution in [0.5, 0.6) is 5.75 Å². The van der Waals surface area contributed by atoms with E-state index in [0.717, 1.165) is 21.3 Å². The molecule has 2 aromatic carbocycles. The fraction of sp³-hybridized carbons (Fsp3) is 0.133. The van der Waals surface area contributed by atoms with Crippen LogP contribution < -0.4 is 4.74 Å². The molecule has 0 heterocycles. The fourth-order valence-electron chi connectivity index (χ4n) is 1.61. The van der Waals surface area contributed by atoms with Gasteiger partial charge in [-0.1, -0.05) is 23.7 Å². The predicted molar refractivity (Wildman–Crippen MR) is 79.4 cm³/mol. The molecule has 0 aliphatic heterocycles. The summed E-state index contributed by atoms with van der Waals surface area (Å²) < 4.78 is 6.63. The first-order valence-electron chi connectivity index (χ1n) is 5.67. The van der Waals surface area contributed by atoms with Crippen LogP contribution in [0, 0.1) is 18.3 Å². The van der Waals surface area contributed by atoms with E-state index in [1.807, 2.05) is 31.2 Å². The highest BCUT2D eigenvalue weighted by Gasteiger charge is 2.05. The van der Waals surface area contributed by atoms with Crippen molar-refractivity contribution in [3.63, 3.8) is 0 Å². The van der Waals surface area contributed by atoms with Crippen molar-refractivity contribution >= 4 is 27.5 Å². The first-order chi connectivity index (χ1) is 9.10. The molecule has 0 atom stereocenters. The molecule has 0 fully saturated rings. The van der Waals surface area contributed by atoms with Crippen LogP contribution in [0.25, 0.3) is 0 Å². The first kappa shape index (κ1) is 13.9. The van der Waals surface area contributed by atoms with Crippen LogP contribution in [0.3, 0.4) is 0 Å². The molecule has 0 aromatic heterocycles. The van der Waals surface area contributed by atoms with E-state index in [2.05, 4.69) is 22.0 Å². The van der Waals surface area contributed by atoms with Gasteiger partial charge in [-0.2, -0.15) is 5.26 Å². The Kier molecular flexibility index (Phi) is 4.47. The Morgan fingerprint density at radius 2 is 2.05 bits per heavy atom. The van der Waals surface area contributed by atoms with Gasteiger partial charge in [0.1, 0.15) is 12.4 Å². The zero-order chi connectivity index (χ0) is 13.8. The summed E-state index contributed by atoms with van der Waals surface area (Å²) in [4.78, 5) is 0. The SMILES string of the molecule is Cc1ccc(OCc2ccc(C#N)cc2Cl)c(Br)c1. The Labute approximate surface area is 125 Å². The third kappa shape index (κ3) is 3.50. The molecule has 0 aliphatic rings. The molecule has 2 nitrogen and oxygen atoms in total. The van der Waals surface area contributed by atoms with Crippen LogP contribution in [0.1, 0.15) is 16.7 Å². The molecule has 0 saturated carbocycles. The Hall–Kier alpha value is -1.50. The molecule has 0 N–H and O–H groups in total. The van der Waals surface area contributed by atoms with Crippen molar-refractivity contribution in [3.05, 3.63) is 62.6 Å². The Morgan fingerprint density at radius 1 is 1.26 bits per heavy atom. The van der Waals surface area contributed by atoms with Gasteiger partial charge in [0.15, 0.2) is 0 Å². The van der Waals surface area contributed by atoms with Crippen LogP contribution in [-0.2, 0) is 6.61 Å². The largest absolute Gasteiger partial charge is 0.488 e. The normalized spacial score (nSPS) is 10.0. The quantitative estimate of drug-likeness (QED) is 0.801. The topological polar surface area (TPSA) is 33.0 Å². The molecule has 0 aliphatic carbocycles. The number of rotatable bonds is 3. The number of aryl methyl sites for hydroxylation is 1. The maximum Gasteiger partial charge on any atom is 0.134 e. The third-order valence-corrected chi connectivity index (χ3v) is 3.62. The molecule has 2 aromatic rings. The molecule has 0 amide bonds. The van der Waals surface area contributed by atoms with Gasteiger partial charge in [0.2, 0.25) is 0 Å². The van der Waals surface area contributed by atoms with Crippen LogP contribution >= 0.6 is 27.5 Å². The van der Waals surface area contributed by atoms with Crippen molar-refractivity contribution in [1.82, 2.24) is 0 Å². The fourth-order valence-corrected chi connectivity index (χ4v) is 2.46. The lowest BCUT2D eigenvalue weighted by atomic mass is 10.1. The zero-order valence-corrected chi connectivity index (χ0v) is 12.6. The lowest BCUT2D eigenvalue weighted by Crippen LogP contribution is -1.97. The summed E-state index contributed by atoms with van der Waals surface area (Å²) in [6, 6.07) is 13.1. The molecule has 0 saturated heterocycles. The summed E-state index contributed by atoms with van der Waals surface area (Å²) in [5, 5.41) is 9.32. The Morgan fingerprint density at radius 3 is 2.68 bits per heavy atom. The summed E-state index contributed by atoms with van der Waals surface area (Å²) in [6.45, 7) is 2.39. The molecule has 0 unspecified atom stereocenters. The van der Waals surface area contributed by atoms with Crippen LogP contribution in [-0.4, -0.2) is 0 Å². The molecule has 96 valence electrons. The minimum atomic E-state index is 0.367. The average Bonchev–Trinajstić information content (AvgIpc) is 2.39. The summed E-state index contributed by atoms with van der Waals surface area (Å²) in [7, 11) is 0. The van der Waals surface area contributed by atoms with E-state index in [1.165, 1.54) is 0 Å². The van der Waals surface area contributed by atoms with Gasteiger partial charge in [0.25, 0.3) is 0 Å². The van der Waals surface area contributed by atoms with Crippen molar-refractivity contribution in [2.45, 2.75) is 13.5 Å². The smallest absolute Gasteiger partial charge is 0.134 e. The van der Waals surface area contributed by atoms with Gasteiger partial charge < -0.3 is 4.74 Å². The van der Waals surface area contributed by atoms with Gasteiger partial charge in [0, 0.05) is 10.6 Å². The van der Waals surface area contributed by atoms with Gasteiger partial charge in [-0.3, -0.25) is 0 Å². The molecule has 0 bridgehead atoms. The molecule has 19 heavy (non-hydrogen) atoms. The first-order valence-corrected chi connectivity index (χ1v) is 6.84. The minimum absolute atomic E-state index is 0.367. The molecular formula is C15H11BrClNO. The highest BCUT2D eigenvalue weighted by Crippen LogP contribution is 2.27. The number of nitriles is 1. The molecule has 0 radical (unpaired) electrons. The van der Waals surface area contributed by atoms with Crippen molar-refractivity contribution in [3.8, 4) is 11.8 Å². The third-order valence-electron chi connectivity index (χ3n) is 2.65. The maximum absolute atomic E-state index is 8.78. The lowest BCUT2D eigenvalue weighted by Gasteiger charge is -2.10. The van der Waals surface area contributed by atoms with Crippen molar-refractivity contribution in [1.29, 1.82) is 5.26 Å². The minimum Gasteiger partial charge on any atom is -0.488 e. The van der Waals surface area contributed by atoms with E-state index < -0.39 is 0 Å². The maximum atomic E-state index is 8.78. The molecule has 2 rings (SSSR count). The average molecular weight is 337 g/mol. The van der Waals surface area contributed by atoms with Crippen molar-refractivity contribution < 1.29 is 4.74 Å². The lowest BCUT2D eigenvalue weighted by molar-refractivity contribution is 0.304. The zero-order valence-electron chi connectivity index (χ0n) is 10.3. The van der Waals surface area contributed by atoms with Gasteiger partial charge in [-0.15, -0.1) is 0 Å². The number of nitrogens with zero attached hydrogens (tertiary/aromatic N) is 1. The standard InChI is InChI=1S/C15H11BrClNO/c1-10-2-5-15(13(16)6-10)19-9-12-4-3-11(8-18)7-14(12)17/h2-7H,9H2,1H3. The number of benzene rings is 2. The van der Waals surface area contributed by atoms with Crippen molar-refractivity contribution in [2.24, 2.45) is 0 Å². The predicted octanol–water partition coefficient (Wildman–Crippen LogP) is 4.86. The van der Waals surface area contributed by atoms with Gasteiger partial charge in [0.05, 0.1) is 16.1 Å². The second-order valence-corrected chi connectivity index (χ2v) is 5.40. The number of hydrogen-bond acceptors (Lipinski definition) is 2. The van der Waals surface area contributed by atoms with Gasteiger partial charge in [-0.25, -0.2) is 0 Å². The monoisotopic (exact) mass is 335 g/mol. The Balaban J connectivity index is 2.13.